The van der Waals surface area contributed by atoms with Crippen LogP contribution in [0.15, 0.2) is 18.3 Å². The molecule has 1 aliphatic rings. The first-order valence-corrected chi connectivity index (χ1v) is 4.95. The van der Waals surface area contributed by atoms with Crippen molar-refractivity contribution in [2.24, 2.45) is 0 Å². The van der Waals surface area contributed by atoms with Crippen LogP contribution in [0.5, 0.6) is 11.5 Å². The number of nitrogen functional groups attached to an aromatic ring is 1. The number of aromatic nitrogens is 2. The number of aryl methyl sites for hydroxylation is 1. The van der Waals surface area contributed by atoms with E-state index in [0.29, 0.717) is 5.82 Å². The summed E-state index contributed by atoms with van der Waals surface area (Å²) in [6.45, 7) is 2.26. The van der Waals surface area contributed by atoms with Crippen molar-refractivity contribution in [1.82, 2.24) is 10.2 Å². The van der Waals surface area contributed by atoms with E-state index in [1.165, 1.54) is 0 Å². The molecule has 1 aromatic heterocycles. The number of anilines is 1. The van der Waals surface area contributed by atoms with Crippen molar-refractivity contribution in [3.63, 3.8) is 0 Å². The molecule has 5 heteroatoms. The Morgan fingerprint density at radius 1 is 1.38 bits per heavy atom. The van der Waals surface area contributed by atoms with Crippen LogP contribution in [-0.4, -0.2) is 17.0 Å². The quantitative estimate of drug-likeness (QED) is 0.762. The zero-order valence-corrected chi connectivity index (χ0v) is 8.78. The second kappa shape index (κ2) is 3.16. The van der Waals surface area contributed by atoms with Gasteiger partial charge in [-0.25, -0.2) is 0 Å². The van der Waals surface area contributed by atoms with Gasteiger partial charge in [-0.1, -0.05) is 0 Å². The molecule has 0 bridgehead atoms. The van der Waals surface area contributed by atoms with Crippen LogP contribution in [0.1, 0.15) is 5.56 Å². The smallest absolute Gasteiger partial charge is 0.231 e. The molecule has 5 nitrogen and oxygen atoms in total. The van der Waals surface area contributed by atoms with Gasteiger partial charge in [-0.2, -0.15) is 5.10 Å². The van der Waals surface area contributed by atoms with Gasteiger partial charge in [0.2, 0.25) is 6.79 Å². The molecule has 1 aliphatic heterocycles. The lowest BCUT2D eigenvalue weighted by atomic mass is 10.0. The van der Waals surface area contributed by atoms with Gasteiger partial charge in [-0.15, -0.1) is 0 Å². The Kier molecular flexibility index (Phi) is 1.80. The normalized spacial score (nSPS) is 13.1. The molecule has 82 valence electrons. The minimum atomic E-state index is 0.278. The van der Waals surface area contributed by atoms with E-state index in [-0.39, 0.29) is 6.79 Å². The van der Waals surface area contributed by atoms with Gasteiger partial charge in [0.15, 0.2) is 11.5 Å². The number of fused-ring (bicyclic) bond motifs is 1. The number of rotatable bonds is 1. The van der Waals surface area contributed by atoms with Crippen LogP contribution in [0, 0.1) is 6.92 Å². The van der Waals surface area contributed by atoms with Gasteiger partial charge in [0.1, 0.15) is 5.82 Å². The number of nitrogens with two attached hydrogens (primary N) is 1. The van der Waals surface area contributed by atoms with Gasteiger partial charge in [0.25, 0.3) is 0 Å². The summed E-state index contributed by atoms with van der Waals surface area (Å²) in [4.78, 5) is 0. The molecular weight excluding hydrogens is 206 g/mol. The van der Waals surface area contributed by atoms with Gasteiger partial charge in [0.05, 0.1) is 6.20 Å². The monoisotopic (exact) mass is 217 g/mol. The van der Waals surface area contributed by atoms with Crippen molar-refractivity contribution < 1.29 is 9.47 Å². The third-order valence-electron chi connectivity index (χ3n) is 2.64. The first kappa shape index (κ1) is 9.08. The predicted octanol–water partition coefficient (Wildman–Crippen LogP) is 1.70. The lowest BCUT2D eigenvalue weighted by Gasteiger charge is -2.05. The van der Waals surface area contributed by atoms with Crippen LogP contribution >= 0.6 is 0 Å². The van der Waals surface area contributed by atoms with Gasteiger partial charge in [-0.05, 0) is 30.2 Å². The van der Waals surface area contributed by atoms with Crippen LogP contribution in [0.4, 0.5) is 5.82 Å². The Hall–Kier alpha value is -2.17. The minimum absolute atomic E-state index is 0.278. The summed E-state index contributed by atoms with van der Waals surface area (Å²) in [6.07, 6.45) is 1.70. The van der Waals surface area contributed by atoms with Crippen molar-refractivity contribution in [3.05, 3.63) is 23.9 Å². The molecule has 0 fully saturated rings. The van der Waals surface area contributed by atoms with E-state index in [1.807, 2.05) is 19.1 Å². The maximum Gasteiger partial charge on any atom is 0.231 e. The molecule has 0 radical (unpaired) electrons. The van der Waals surface area contributed by atoms with Gasteiger partial charge in [0, 0.05) is 5.56 Å². The molecule has 16 heavy (non-hydrogen) atoms. The standard InChI is InChI=1S/C11H11N3O2/c1-6-2-7(8-4-13-14-11(8)12)3-9-10(6)16-5-15-9/h2-4H,5H2,1H3,(H3,12,13,14). The largest absolute Gasteiger partial charge is 0.454 e. The highest BCUT2D eigenvalue weighted by molar-refractivity contribution is 5.76. The number of nitrogens with one attached hydrogen (secondary N) is 1. The first-order valence-electron chi connectivity index (χ1n) is 4.95. The molecule has 3 N–H and O–H groups in total. The fourth-order valence-corrected chi connectivity index (χ4v) is 1.87. The fourth-order valence-electron chi connectivity index (χ4n) is 1.87. The summed E-state index contributed by atoms with van der Waals surface area (Å²) in [6, 6.07) is 3.92. The highest BCUT2D eigenvalue weighted by atomic mass is 16.7. The van der Waals surface area contributed by atoms with Gasteiger partial charge >= 0.3 is 0 Å². The Morgan fingerprint density at radius 2 is 2.25 bits per heavy atom. The molecule has 0 atom stereocenters. The average molecular weight is 217 g/mol. The number of nitrogens with zero attached hydrogens (tertiary/aromatic N) is 1. The molecule has 3 rings (SSSR count). The van der Waals surface area contributed by atoms with E-state index in [9.17, 15) is 0 Å². The van der Waals surface area contributed by atoms with Crippen molar-refractivity contribution in [1.29, 1.82) is 0 Å². The zero-order chi connectivity index (χ0) is 11.1. The van der Waals surface area contributed by atoms with Crippen molar-refractivity contribution in [2.75, 3.05) is 12.5 Å². The molecule has 0 saturated heterocycles. The van der Waals surface area contributed by atoms with Crippen LogP contribution in [0.2, 0.25) is 0 Å². The van der Waals surface area contributed by atoms with Crippen LogP contribution in [0.3, 0.4) is 0 Å². The fraction of sp³-hybridized carbons (Fsp3) is 0.182. The lowest BCUT2D eigenvalue weighted by molar-refractivity contribution is 0.173. The maximum atomic E-state index is 5.78. The van der Waals surface area contributed by atoms with Crippen molar-refractivity contribution in [2.45, 2.75) is 6.92 Å². The number of ether oxygens (including phenoxy) is 2. The molecule has 1 aromatic carbocycles. The van der Waals surface area contributed by atoms with Crippen LogP contribution in [-0.2, 0) is 0 Å². The summed E-state index contributed by atoms with van der Waals surface area (Å²) in [5.41, 5.74) is 8.67. The summed E-state index contributed by atoms with van der Waals surface area (Å²) in [7, 11) is 0. The molecule has 0 saturated carbocycles. The van der Waals surface area contributed by atoms with E-state index >= 15 is 0 Å². The minimum Gasteiger partial charge on any atom is -0.454 e. The van der Waals surface area contributed by atoms with Crippen molar-refractivity contribution in [3.8, 4) is 22.6 Å². The molecule has 0 spiro atoms. The Bertz CT molecular complexity index is 548. The van der Waals surface area contributed by atoms with E-state index in [1.54, 1.807) is 6.20 Å². The number of aromatic amines is 1. The van der Waals surface area contributed by atoms with E-state index in [2.05, 4.69) is 10.2 Å². The molecule has 2 aromatic rings. The highest BCUT2D eigenvalue weighted by Crippen LogP contribution is 2.39. The summed E-state index contributed by atoms with van der Waals surface area (Å²) in [5, 5.41) is 6.61. The second-order valence-electron chi connectivity index (χ2n) is 3.72. The molecular formula is C11H11N3O2. The molecule has 0 amide bonds. The van der Waals surface area contributed by atoms with Gasteiger partial charge in [-0.3, -0.25) is 5.10 Å². The van der Waals surface area contributed by atoms with E-state index < -0.39 is 0 Å². The highest BCUT2D eigenvalue weighted by Gasteiger charge is 2.18. The molecule has 0 unspecified atom stereocenters. The third kappa shape index (κ3) is 1.21. The number of hydrogen-bond donors (Lipinski definition) is 2. The van der Waals surface area contributed by atoms with E-state index in [4.69, 9.17) is 15.2 Å². The second-order valence-corrected chi connectivity index (χ2v) is 3.72. The summed E-state index contributed by atoms with van der Waals surface area (Å²) >= 11 is 0. The molecule has 2 heterocycles. The average Bonchev–Trinajstić information content (AvgIpc) is 2.85. The van der Waals surface area contributed by atoms with Gasteiger partial charge < -0.3 is 15.2 Å². The predicted molar refractivity (Wildman–Crippen MR) is 59.3 cm³/mol. The number of hydrogen-bond acceptors (Lipinski definition) is 4. The molecule has 0 aliphatic carbocycles. The summed E-state index contributed by atoms with van der Waals surface area (Å²) < 4.78 is 10.7. The Morgan fingerprint density at radius 3 is 3.00 bits per heavy atom. The van der Waals surface area contributed by atoms with Crippen LogP contribution in [0.25, 0.3) is 11.1 Å². The topological polar surface area (TPSA) is 73.2 Å². The zero-order valence-electron chi connectivity index (χ0n) is 8.78. The number of benzene rings is 1. The first-order chi connectivity index (χ1) is 7.75. The lowest BCUT2D eigenvalue weighted by Crippen LogP contribution is -1.93. The Balaban J connectivity index is 2.17. The third-order valence-corrected chi connectivity index (χ3v) is 2.64. The van der Waals surface area contributed by atoms with E-state index in [0.717, 1.165) is 28.2 Å². The Labute approximate surface area is 92.2 Å². The van der Waals surface area contributed by atoms with Crippen molar-refractivity contribution >= 4 is 5.82 Å². The van der Waals surface area contributed by atoms with Crippen LogP contribution < -0.4 is 15.2 Å². The SMILES string of the molecule is Cc1cc(-c2cn[nH]c2N)cc2c1OCO2. The summed E-state index contributed by atoms with van der Waals surface area (Å²) in [5.74, 6) is 2.12. The maximum absolute atomic E-state index is 5.78. The number of H-pyrrole nitrogens is 1.